The predicted molar refractivity (Wildman–Crippen MR) is 120 cm³/mol. The summed E-state index contributed by atoms with van der Waals surface area (Å²) in [6.07, 6.45) is 4.30. The van der Waals surface area contributed by atoms with Crippen LogP contribution in [0.15, 0.2) is 61.1 Å². The molecule has 0 fully saturated rings. The molecular formula is C23H25F3N4O2S. The lowest BCUT2D eigenvalue weighted by atomic mass is 10.0. The Hall–Kier alpha value is -2.85. The summed E-state index contributed by atoms with van der Waals surface area (Å²) in [6.45, 7) is 1.66. The summed E-state index contributed by atoms with van der Waals surface area (Å²) < 4.78 is 66.1. The van der Waals surface area contributed by atoms with Gasteiger partial charge in [0.2, 0.25) is 0 Å². The molecule has 2 aromatic carbocycles. The van der Waals surface area contributed by atoms with Crippen LogP contribution in [0.4, 0.5) is 18.9 Å². The number of nitrogens with one attached hydrogen (secondary N) is 1. The molecule has 0 bridgehead atoms. The van der Waals surface area contributed by atoms with Gasteiger partial charge in [-0.25, -0.2) is 13.4 Å². The summed E-state index contributed by atoms with van der Waals surface area (Å²) in [5, 5.41) is 0. The van der Waals surface area contributed by atoms with Crippen molar-refractivity contribution in [3.63, 3.8) is 0 Å². The van der Waals surface area contributed by atoms with Crippen molar-refractivity contribution >= 4 is 15.7 Å². The highest BCUT2D eigenvalue weighted by molar-refractivity contribution is 7.89. The van der Waals surface area contributed by atoms with E-state index in [-0.39, 0.29) is 13.1 Å². The van der Waals surface area contributed by atoms with E-state index >= 15 is 0 Å². The van der Waals surface area contributed by atoms with E-state index in [4.69, 9.17) is 0 Å². The third kappa shape index (κ3) is 4.91. The standard InChI is InChI=1S/C23H25F3N4O2S/c1-17-6-5-9-19-13-29(33(31,32)23(24,25)26)15-21(11-10-18-7-3-2-4-8-18)30(22(17)19)14-20-12-27-16-28-20/h2-9,12,16,21H,10-11,13-15H2,1H3,(H,27,28)/t21-/m0/s1. The Balaban J connectivity index is 1.78. The minimum absolute atomic E-state index is 0.267. The van der Waals surface area contributed by atoms with Crippen LogP contribution in [-0.4, -0.2) is 40.8 Å². The van der Waals surface area contributed by atoms with E-state index in [0.29, 0.717) is 29.3 Å². The van der Waals surface area contributed by atoms with Crippen LogP contribution in [-0.2, 0) is 29.5 Å². The third-order valence-corrected chi connectivity index (χ3v) is 7.49. The minimum Gasteiger partial charge on any atom is -0.361 e. The summed E-state index contributed by atoms with van der Waals surface area (Å²) in [6, 6.07) is 14.5. The smallest absolute Gasteiger partial charge is 0.361 e. The molecule has 0 unspecified atom stereocenters. The number of aryl methyl sites for hydroxylation is 2. The van der Waals surface area contributed by atoms with Crippen molar-refractivity contribution in [2.45, 2.75) is 44.4 Å². The fourth-order valence-electron chi connectivity index (χ4n) is 4.35. The SMILES string of the molecule is Cc1cccc2c1N(Cc1cnc[nH]1)[C@@H](CCc1ccccc1)CN(S(=O)(=O)C(F)(F)F)C2. The predicted octanol–water partition coefficient (Wildman–Crippen LogP) is 4.39. The molecule has 4 rings (SSSR count). The Bertz CT molecular complexity index is 1180. The maximum atomic E-state index is 13.5. The lowest BCUT2D eigenvalue weighted by molar-refractivity contribution is -0.0492. The van der Waals surface area contributed by atoms with Crippen LogP contribution in [0.25, 0.3) is 0 Å². The van der Waals surface area contributed by atoms with Crippen molar-refractivity contribution < 1.29 is 21.6 Å². The van der Waals surface area contributed by atoms with E-state index in [1.54, 1.807) is 24.7 Å². The van der Waals surface area contributed by atoms with Crippen molar-refractivity contribution in [3.8, 4) is 0 Å². The zero-order valence-corrected chi connectivity index (χ0v) is 18.9. The normalized spacial score (nSPS) is 17.6. The van der Waals surface area contributed by atoms with Crippen LogP contribution in [0.1, 0.15) is 28.8 Å². The molecule has 1 aliphatic heterocycles. The van der Waals surface area contributed by atoms with Gasteiger partial charge in [-0.2, -0.15) is 17.5 Å². The maximum Gasteiger partial charge on any atom is 0.511 e. The second-order valence-electron chi connectivity index (χ2n) is 8.21. The number of rotatable bonds is 6. The number of sulfonamides is 1. The molecular weight excluding hydrogens is 453 g/mol. The van der Waals surface area contributed by atoms with Gasteiger partial charge in [-0.3, -0.25) is 0 Å². The summed E-state index contributed by atoms with van der Waals surface area (Å²) in [4.78, 5) is 9.13. The van der Waals surface area contributed by atoms with Gasteiger partial charge in [-0.1, -0.05) is 48.5 Å². The zero-order valence-electron chi connectivity index (χ0n) is 18.1. The average molecular weight is 479 g/mol. The molecule has 1 aromatic heterocycles. The van der Waals surface area contributed by atoms with Gasteiger partial charge < -0.3 is 9.88 Å². The molecule has 2 heterocycles. The van der Waals surface area contributed by atoms with Crippen molar-refractivity contribution in [2.75, 3.05) is 11.4 Å². The van der Waals surface area contributed by atoms with Crippen molar-refractivity contribution in [3.05, 3.63) is 83.4 Å². The largest absolute Gasteiger partial charge is 0.511 e. The van der Waals surface area contributed by atoms with Crippen LogP contribution in [0.3, 0.4) is 0 Å². The number of fused-ring (bicyclic) bond motifs is 1. The molecule has 0 spiro atoms. The first kappa shape index (κ1) is 23.3. The average Bonchev–Trinajstić information content (AvgIpc) is 3.22. The van der Waals surface area contributed by atoms with Gasteiger partial charge in [0.25, 0.3) is 0 Å². The number of para-hydroxylation sites is 1. The van der Waals surface area contributed by atoms with Crippen molar-refractivity contribution in [1.82, 2.24) is 14.3 Å². The number of imidazole rings is 1. The van der Waals surface area contributed by atoms with Crippen molar-refractivity contribution in [2.24, 2.45) is 0 Å². The fourth-order valence-corrected chi connectivity index (χ4v) is 5.32. The molecule has 0 saturated carbocycles. The molecule has 6 nitrogen and oxygen atoms in total. The second-order valence-corrected chi connectivity index (χ2v) is 10.1. The van der Waals surface area contributed by atoms with E-state index < -0.39 is 21.6 Å². The Labute approximate surface area is 191 Å². The number of alkyl halides is 3. The Morgan fingerprint density at radius 1 is 1.12 bits per heavy atom. The molecule has 0 amide bonds. The van der Waals surface area contributed by atoms with Gasteiger partial charge in [0, 0.05) is 31.0 Å². The van der Waals surface area contributed by atoms with Gasteiger partial charge in [0.1, 0.15) is 0 Å². The monoisotopic (exact) mass is 478 g/mol. The van der Waals surface area contributed by atoms with E-state index in [0.717, 1.165) is 22.5 Å². The molecule has 1 aliphatic rings. The number of anilines is 1. The third-order valence-electron chi connectivity index (χ3n) is 5.95. The fraction of sp³-hybridized carbons (Fsp3) is 0.348. The lowest BCUT2D eigenvalue weighted by Crippen LogP contribution is -2.47. The van der Waals surface area contributed by atoms with Crippen LogP contribution >= 0.6 is 0 Å². The highest BCUT2D eigenvalue weighted by Gasteiger charge is 2.51. The quantitative estimate of drug-likeness (QED) is 0.571. The molecule has 0 saturated heterocycles. The van der Waals surface area contributed by atoms with Crippen LogP contribution < -0.4 is 4.90 Å². The number of benzene rings is 2. The topological polar surface area (TPSA) is 69.3 Å². The van der Waals surface area contributed by atoms with Crippen molar-refractivity contribution in [1.29, 1.82) is 0 Å². The molecule has 0 aliphatic carbocycles. The molecule has 10 heteroatoms. The first-order chi connectivity index (χ1) is 15.7. The molecule has 176 valence electrons. The van der Waals surface area contributed by atoms with Crippen LogP contribution in [0.2, 0.25) is 0 Å². The lowest BCUT2D eigenvalue weighted by Gasteiger charge is -2.35. The van der Waals surface area contributed by atoms with Gasteiger partial charge in [-0.15, -0.1) is 0 Å². The number of aromatic amines is 1. The Kier molecular flexibility index (Phi) is 6.49. The number of hydrogen-bond acceptors (Lipinski definition) is 4. The molecule has 1 atom stereocenters. The van der Waals surface area contributed by atoms with E-state index in [2.05, 4.69) is 9.97 Å². The highest BCUT2D eigenvalue weighted by atomic mass is 32.2. The highest BCUT2D eigenvalue weighted by Crippen LogP contribution is 2.37. The van der Waals surface area contributed by atoms with E-state index in [1.807, 2.05) is 48.2 Å². The van der Waals surface area contributed by atoms with E-state index in [1.165, 1.54) is 0 Å². The molecule has 1 N–H and O–H groups in total. The zero-order chi connectivity index (χ0) is 23.6. The summed E-state index contributed by atoms with van der Waals surface area (Å²) in [7, 11) is -5.49. The van der Waals surface area contributed by atoms with Gasteiger partial charge in [0.05, 0.1) is 18.6 Å². The number of halogens is 3. The molecule has 3 aromatic rings. The summed E-state index contributed by atoms with van der Waals surface area (Å²) in [5.41, 5.74) is -1.34. The van der Waals surface area contributed by atoms with Gasteiger partial charge in [-0.05, 0) is 36.5 Å². The second kappa shape index (κ2) is 9.18. The van der Waals surface area contributed by atoms with Gasteiger partial charge >= 0.3 is 15.5 Å². The molecule has 33 heavy (non-hydrogen) atoms. The Morgan fingerprint density at radius 2 is 1.88 bits per heavy atom. The minimum atomic E-state index is -5.49. The van der Waals surface area contributed by atoms with Crippen LogP contribution in [0.5, 0.6) is 0 Å². The Morgan fingerprint density at radius 3 is 2.55 bits per heavy atom. The van der Waals surface area contributed by atoms with Gasteiger partial charge in [0.15, 0.2) is 0 Å². The number of H-pyrrole nitrogens is 1. The summed E-state index contributed by atoms with van der Waals surface area (Å²) >= 11 is 0. The summed E-state index contributed by atoms with van der Waals surface area (Å²) in [5.74, 6) is 0. The first-order valence-electron chi connectivity index (χ1n) is 10.6. The molecule has 0 radical (unpaired) electrons. The van der Waals surface area contributed by atoms with E-state index in [9.17, 15) is 21.6 Å². The first-order valence-corrected chi connectivity index (χ1v) is 12.0. The number of aromatic nitrogens is 2. The maximum absolute atomic E-state index is 13.5. The number of hydrogen-bond donors (Lipinski definition) is 1. The number of nitrogens with zero attached hydrogens (tertiary/aromatic N) is 3. The van der Waals surface area contributed by atoms with Crippen LogP contribution in [0, 0.1) is 6.92 Å².